The molecular formula is C31H24N4. The van der Waals surface area contributed by atoms with E-state index >= 15 is 0 Å². The van der Waals surface area contributed by atoms with E-state index in [4.69, 9.17) is 15.0 Å². The van der Waals surface area contributed by atoms with Crippen LogP contribution < -0.4 is 4.90 Å². The summed E-state index contributed by atoms with van der Waals surface area (Å²) in [7, 11) is 4.10. The first kappa shape index (κ1) is 21.0. The number of fused-ring (bicyclic) bond motifs is 2. The van der Waals surface area contributed by atoms with Gasteiger partial charge < -0.3 is 4.90 Å². The van der Waals surface area contributed by atoms with Crippen LogP contribution in [0.25, 0.3) is 55.7 Å². The molecule has 0 N–H and O–H groups in total. The lowest BCUT2D eigenvalue weighted by atomic mass is 10.0. The van der Waals surface area contributed by atoms with E-state index in [1.807, 2.05) is 48.5 Å². The third-order valence-electron chi connectivity index (χ3n) is 6.26. The van der Waals surface area contributed by atoms with Crippen LogP contribution in [0, 0.1) is 0 Å². The monoisotopic (exact) mass is 452 g/mol. The van der Waals surface area contributed by atoms with Crippen molar-refractivity contribution in [2.24, 2.45) is 0 Å². The van der Waals surface area contributed by atoms with Gasteiger partial charge in [-0.05, 0) is 59.7 Å². The van der Waals surface area contributed by atoms with E-state index in [9.17, 15) is 0 Å². The van der Waals surface area contributed by atoms with Crippen LogP contribution >= 0.6 is 0 Å². The molecule has 0 spiro atoms. The number of hydrogen-bond donors (Lipinski definition) is 0. The van der Waals surface area contributed by atoms with Crippen molar-refractivity contribution in [3.63, 3.8) is 0 Å². The van der Waals surface area contributed by atoms with Crippen molar-refractivity contribution in [2.75, 3.05) is 19.0 Å². The van der Waals surface area contributed by atoms with Crippen LogP contribution in [0.4, 0.5) is 5.69 Å². The smallest absolute Gasteiger partial charge is 0.0900 e. The summed E-state index contributed by atoms with van der Waals surface area (Å²) in [5, 5.41) is 2.23. The Morgan fingerprint density at radius 3 is 1.49 bits per heavy atom. The molecule has 0 atom stereocenters. The number of para-hydroxylation sites is 2. The molecule has 0 aliphatic rings. The molecule has 6 aromatic rings. The number of pyridine rings is 3. The maximum atomic E-state index is 5.03. The number of rotatable bonds is 4. The van der Waals surface area contributed by atoms with Gasteiger partial charge in [0.2, 0.25) is 0 Å². The van der Waals surface area contributed by atoms with E-state index in [1.54, 1.807) is 0 Å². The molecule has 0 bridgehead atoms. The minimum atomic E-state index is 0.829. The minimum Gasteiger partial charge on any atom is -0.378 e. The van der Waals surface area contributed by atoms with Crippen molar-refractivity contribution >= 4 is 27.5 Å². The minimum absolute atomic E-state index is 0.829. The van der Waals surface area contributed by atoms with Crippen LogP contribution in [0.5, 0.6) is 0 Å². The lowest BCUT2D eigenvalue weighted by Crippen LogP contribution is -2.07. The van der Waals surface area contributed by atoms with Gasteiger partial charge in [0.15, 0.2) is 0 Å². The molecule has 168 valence electrons. The third kappa shape index (κ3) is 4.11. The average molecular weight is 453 g/mol. The Morgan fingerprint density at radius 1 is 0.457 bits per heavy atom. The lowest BCUT2D eigenvalue weighted by molar-refractivity contribution is 1.13. The highest BCUT2D eigenvalue weighted by molar-refractivity contribution is 5.84. The molecule has 0 saturated carbocycles. The highest BCUT2D eigenvalue weighted by Crippen LogP contribution is 2.31. The molecule has 6 rings (SSSR count). The number of hydrogen-bond acceptors (Lipinski definition) is 4. The van der Waals surface area contributed by atoms with Gasteiger partial charge in [0, 0.05) is 30.6 Å². The quantitative estimate of drug-likeness (QED) is 0.283. The molecule has 3 aromatic carbocycles. The zero-order valence-electron chi connectivity index (χ0n) is 19.7. The van der Waals surface area contributed by atoms with Crippen LogP contribution in [0.15, 0.2) is 109 Å². The summed E-state index contributed by atoms with van der Waals surface area (Å²) in [5.74, 6) is 0. The maximum Gasteiger partial charge on any atom is 0.0900 e. The first-order chi connectivity index (χ1) is 17.1. The van der Waals surface area contributed by atoms with Crippen LogP contribution in [0.1, 0.15) is 0 Å². The first-order valence-electron chi connectivity index (χ1n) is 11.7. The molecule has 3 aromatic heterocycles. The third-order valence-corrected chi connectivity index (χ3v) is 6.26. The predicted octanol–water partition coefficient (Wildman–Crippen LogP) is 7.25. The van der Waals surface area contributed by atoms with Gasteiger partial charge in [0.05, 0.1) is 33.8 Å². The molecule has 3 heterocycles. The van der Waals surface area contributed by atoms with Crippen LogP contribution in [-0.2, 0) is 0 Å². The van der Waals surface area contributed by atoms with Crippen molar-refractivity contribution in [3.8, 4) is 33.9 Å². The Balaban J connectivity index is 1.53. The summed E-state index contributed by atoms with van der Waals surface area (Å²) in [6, 6.07) is 37.4. The maximum absolute atomic E-state index is 5.03. The van der Waals surface area contributed by atoms with E-state index in [-0.39, 0.29) is 0 Å². The fourth-order valence-electron chi connectivity index (χ4n) is 4.33. The van der Waals surface area contributed by atoms with Crippen molar-refractivity contribution in [2.45, 2.75) is 0 Å². The molecule has 0 aliphatic heterocycles. The number of benzene rings is 3. The number of aromatic nitrogens is 3. The van der Waals surface area contributed by atoms with Crippen molar-refractivity contribution in [3.05, 3.63) is 109 Å². The number of anilines is 1. The first-order valence-corrected chi connectivity index (χ1v) is 11.7. The van der Waals surface area contributed by atoms with Crippen LogP contribution in [-0.4, -0.2) is 29.0 Å². The van der Waals surface area contributed by atoms with Gasteiger partial charge in [-0.1, -0.05) is 60.7 Å². The summed E-state index contributed by atoms with van der Waals surface area (Å²) >= 11 is 0. The normalized spacial score (nSPS) is 11.1. The summed E-state index contributed by atoms with van der Waals surface area (Å²) in [6.45, 7) is 0. The fourth-order valence-corrected chi connectivity index (χ4v) is 4.33. The Hall–Kier alpha value is -4.57. The molecular weight excluding hydrogens is 428 g/mol. The SMILES string of the molecule is CN(C)c1ccc(-c2cc(-c3ccc4ccccc4n3)nc(-c3ccc4ccccc4n3)c2)cc1. The summed E-state index contributed by atoms with van der Waals surface area (Å²) in [4.78, 5) is 17.0. The van der Waals surface area contributed by atoms with Crippen LogP contribution in [0.2, 0.25) is 0 Å². The van der Waals surface area contributed by atoms with Gasteiger partial charge in [0.1, 0.15) is 0 Å². The molecule has 0 radical (unpaired) electrons. The Morgan fingerprint density at radius 2 is 0.971 bits per heavy atom. The van der Waals surface area contributed by atoms with E-state index in [1.165, 1.54) is 0 Å². The molecule has 0 fully saturated rings. The Kier molecular flexibility index (Phi) is 5.19. The van der Waals surface area contributed by atoms with Crippen molar-refractivity contribution < 1.29 is 0 Å². The molecule has 4 nitrogen and oxygen atoms in total. The van der Waals surface area contributed by atoms with Gasteiger partial charge in [-0.15, -0.1) is 0 Å². The molecule has 0 amide bonds. The second kappa shape index (κ2) is 8.65. The van der Waals surface area contributed by atoms with Gasteiger partial charge in [-0.3, -0.25) is 0 Å². The molecule has 4 heteroatoms. The average Bonchev–Trinajstić information content (AvgIpc) is 2.92. The summed E-state index contributed by atoms with van der Waals surface area (Å²) in [6.07, 6.45) is 0. The Labute approximate surface area is 204 Å². The largest absolute Gasteiger partial charge is 0.378 e. The standard InChI is InChI=1S/C31H24N4/c1-35(2)25-15-11-21(12-16-25)24-19-30(28-17-13-22-7-3-5-9-26(22)32-28)34-31(20-24)29-18-14-23-8-4-6-10-27(23)33-29/h3-20H,1-2H3. The van der Waals surface area contributed by atoms with E-state index in [0.717, 1.165) is 61.4 Å². The van der Waals surface area contributed by atoms with Gasteiger partial charge in [0.25, 0.3) is 0 Å². The zero-order chi connectivity index (χ0) is 23.8. The predicted molar refractivity (Wildman–Crippen MR) is 145 cm³/mol. The molecule has 35 heavy (non-hydrogen) atoms. The second-order valence-corrected chi connectivity index (χ2v) is 8.85. The topological polar surface area (TPSA) is 41.9 Å². The number of nitrogens with zero attached hydrogens (tertiary/aromatic N) is 4. The Bertz CT molecular complexity index is 1570. The van der Waals surface area contributed by atoms with E-state index < -0.39 is 0 Å². The highest BCUT2D eigenvalue weighted by Gasteiger charge is 2.12. The van der Waals surface area contributed by atoms with Crippen molar-refractivity contribution in [1.82, 2.24) is 15.0 Å². The fraction of sp³-hybridized carbons (Fsp3) is 0.0645. The lowest BCUT2D eigenvalue weighted by Gasteiger charge is -2.14. The van der Waals surface area contributed by atoms with E-state index in [0.29, 0.717) is 0 Å². The van der Waals surface area contributed by atoms with E-state index in [2.05, 4.69) is 79.7 Å². The highest BCUT2D eigenvalue weighted by atomic mass is 15.1. The zero-order valence-corrected chi connectivity index (χ0v) is 19.7. The van der Waals surface area contributed by atoms with Crippen molar-refractivity contribution in [1.29, 1.82) is 0 Å². The van der Waals surface area contributed by atoms with Gasteiger partial charge >= 0.3 is 0 Å². The van der Waals surface area contributed by atoms with Crippen LogP contribution in [0.3, 0.4) is 0 Å². The molecule has 0 saturated heterocycles. The van der Waals surface area contributed by atoms with Gasteiger partial charge in [-0.25, -0.2) is 15.0 Å². The molecule has 0 aliphatic carbocycles. The molecule has 0 unspecified atom stereocenters. The summed E-state index contributed by atoms with van der Waals surface area (Å²) < 4.78 is 0. The summed E-state index contributed by atoms with van der Waals surface area (Å²) in [5.41, 5.74) is 8.63. The van der Waals surface area contributed by atoms with Gasteiger partial charge in [-0.2, -0.15) is 0 Å². The second-order valence-electron chi connectivity index (χ2n) is 8.85.